The standard InChI is InChI=1S/C13H20/c1-2-11-9-12-7-5-3-4-6-8-13(12)10-11/h11-13H,2,5-10H2,1H3. The molecule has 72 valence electrons. The topological polar surface area (TPSA) is 0 Å². The van der Waals surface area contributed by atoms with Gasteiger partial charge in [0.2, 0.25) is 0 Å². The third kappa shape index (κ3) is 2.08. The Kier molecular flexibility index (Phi) is 2.94. The minimum Gasteiger partial charge on any atom is -0.103 e. The maximum absolute atomic E-state index is 3.28. The van der Waals surface area contributed by atoms with Crippen LogP contribution in [0.25, 0.3) is 0 Å². The first-order valence-electron chi connectivity index (χ1n) is 5.86. The molecule has 0 bridgehead atoms. The van der Waals surface area contributed by atoms with Crippen LogP contribution in [0.15, 0.2) is 0 Å². The molecule has 2 unspecified atom stereocenters. The smallest absolute Gasteiger partial charge is 0.00914 e. The Labute approximate surface area is 82.1 Å². The van der Waals surface area contributed by atoms with E-state index in [1.54, 1.807) is 0 Å². The van der Waals surface area contributed by atoms with Crippen molar-refractivity contribution in [2.24, 2.45) is 17.8 Å². The molecule has 0 aliphatic heterocycles. The SMILES string of the molecule is CCC1CC2CCC#CCCC2C1. The molecule has 1 saturated carbocycles. The fourth-order valence-electron chi connectivity index (χ4n) is 3.07. The summed E-state index contributed by atoms with van der Waals surface area (Å²) in [5, 5.41) is 0. The minimum absolute atomic E-state index is 1.03. The van der Waals surface area contributed by atoms with Gasteiger partial charge in [-0.25, -0.2) is 0 Å². The summed E-state index contributed by atoms with van der Waals surface area (Å²) in [6, 6.07) is 0. The second-order valence-electron chi connectivity index (χ2n) is 4.70. The van der Waals surface area contributed by atoms with Crippen molar-refractivity contribution in [3.63, 3.8) is 0 Å². The van der Waals surface area contributed by atoms with Crippen molar-refractivity contribution in [2.45, 2.75) is 51.9 Å². The largest absolute Gasteiger partial charge is 0.103 e. The predicted molar refractivity (Wildman–Crippen MR) is 56.2 cm³/mol. The van der Waals surface area contributed by atoms with Crippen molar-refractivity contribution >= 4 is 0 Å². The molecule has 2 aliphatic carbocycles. The van der Waals surface area contributed by atoms with Crippen LogP contribution in [-0.4, -0.2) is 0 Å². The van der Waals surface area contributed by atoms with Gasteiger partial charge >= 0.3 is 0 Å². The number of rotatable bonds is 1. The highest BCUT2D eigenvalue weighted by atomic mass is 14.4. The summed E-state index contributed by atoms with van der Waals surface area (Å²) in [5.41, 5.74) is 0. The molecule has 0 heteroatoms. The van der Waals surface area contributed by atoms with Crippen molar-refractivity contribution in [1.29, 1.82) is 0 Å². The van der Waals surface area contributed by atoms with Gasteiger partial charge in [-0.1, -0.05) is 13.3 Å². The third-order valence-corrected chi connectivity index (χ3v) is 3.92. The van der Waals surface area contributed by atoms with Crippen molar-refractivity contribution in [3.05, 3.63) is 0 Å². The highest BCUT2D eigenvalue weighted by molar-refractivity contribution is 5.02. The molecular formula is C13H20. The van der Waals surface area contributed by atoms with Crippen LogP contribution in [0.3, 0.4) is 0 Å². The van der Waals surface area contributed by atoms with Crippen LogP contribution in [0.2, 0.25) is 0 Å². The van der Waals surface area contributed by atoms with E-state index in [2.05, 4.69) is 18.8 Å². The highest BCUT2D eigenvalue weighted by Crippen LogP contribution is 2.43. The molecular weight excluding hydrogens is 156 g/mol. The molecule has 1 fully saturated rings. The van der Waals surface area contributed by atoms with Crippen molar-refractivity contribution in [1.82, 2.24) is 0 Å². The van der Waals surface area contributed by atoms with Gasteiger partial charge in [-0.2, -0.15) is 0 Å². The van der Waals surface area contributed by atoms with Gasteiger partial charge in [0.1, 0.15) is 0 Å². The normalized spacial score (nSPS) is 38.4. The van der Waals surface area contributed by atoms with E-state index in [0.717, 1.165) is 30.6 Å². The average molecular weight is 176 g/mol. The van der Waals surface area contributed by atoms with Crippen molar-refractivity contribution < 1.29 is 0 Å². The second kappa shape index (κ2) is 4.18. The van der Waals surface area contributed by atoms with E-state index in [1.165, 1.54) is 32.1 Å². The van der Waals surface area contributed by atoms with Gasteiger partial charge < -0.3 is 0 Å². The van der Waals surface area contributed by atoms with Crippen LogP contribution >= 0.6 is 0 Å². The van der Waals surface area contributed by atoms with Crippen LogP contribution in [-0.2, 0) is 0 Å². The van der Waals surface area contributed by atoms with Crippen LogP contribution in [0.4, 0.5) is 0 Å². The molecule has 0 aromatic carbocycles. The maximum atomic E-state index is 3.28. The minimum atomic E-state index is 1.03. The molecule has 13 heavy (non-hydrogen) atoms. The summed E-state index contributed by atoms with van der Waals surface area (Å²) in [4.78, 5) is 0. The van der Waals surface area contributed by atoms with Crippen LogP contribution in [0.5, 0.6) is 0 Å². The molecule has 0 N–H and O–H groups in total. The van der Waals surface area contributed by atoms with Gasteiger partial charge in [0.25, 0.3) is 0 Å². The van der Waals surface area contributed by atoms with Crippen molar-refractivity contribution in [2.75, 3.05) is 0 Å². The lowest BCUT2D eigenvalue weighted by atomic mass is 9.87. The van der Waals surface area contributed by atoms with E-state index in [9.17, 15) is 0 Å². The number of hydrogen-bond acceptors (Lipinski definition) is 0. The van der Waals surface area contributed by atoms with Crippen LogP contribution in [0.1, 0.15) is 51.9 Å². The maximum Gasteiger partial charge on any atom is 0.00914 e. The molecule has 0 nitrogen and oxygen atoms in total. The van der Waals surface area contributed by atoms with Crippen LogP contribution < -0.4 is 0 Å². The summed E-state index contributed by atoms with van der Waals surface area (Å²) in [5.74, 6) is 9.66. The molecule has 2 atom stereocenters. The first kappa shape index (κ1) is 9.13. The van der Waals surface area contributed by atoms with Gasteiger partial charge in [0.15, 0.2) is 0 Å². The third-order valence-electron chi connectivity index (χ3n) is 3.92. The van der Waals surface area contributed by atoms with Gasteiger partial charge in [0.05, 0.1) is 0 Å². The van der Waals surface area contributed by atoms with E-state index in [0.29, 0.717) is 0 Å². The van der Waals surface area contributed by atoms with Crippen LogP contribution in [0, 0.1) is 29.6 Å². The Bertz CT molecular complexity index is 198. The highest BCUT2D eigenvalue weighted by Gasteiger charge is 2.32. The summed E-state index contributed by atoms with van der Waals surface area (Å²) in [7, 11) is 0. The monoisotopic (exact) mass is 176 g/mol. The van der Waals surface area contributed by atoms with E-state index >= 15 is 0 Å². The fraction of sp³-hybridized carbons (Fsp3) is 0.846. The Morgan fingerprint density at radius 2 is 1.54 bits per heavy atom. The molecule has 2 aliphatic rings. The summed E-state index contributed by atoms with van der Waals surface area (Å²) >= 11 is 0. The Balaban J connectivity index is 1.96. The molecule has 0 amide bonds. The van der Waals surface area contributed by atoms with E-state index in [1.807, 2.05) is 0 Å². The molecule has 0 radical (unpaired) electrons. The van der Waals surface area contributed by atoms with Gasteiger partial charge in [-0.05, 0) is 43.4 Å². The average Bonchev–Trinajstić information content (AvgIpc) is 2.47. The molecule has 0 spiro atoms. The Morgan fingerprint density at radius 3 is 2.00 bits per heavy atom. The quantitative estimate of drug-likeness (QED) is 0.535. The Morgan fingerprint density at radius 1 is 1.00 bits per heavy atom. The molecule has 0 aromatic rings. The number of hydrogen-bond donors (Lipinski definition) is 0. The zero-order valence-corrected chi connectivity index (χ0v) is 8.68. The number of fused-ring (bicyclic) bond motifs is 1. The van der Waals surface area contributed by atoms with Gasteiger partial charge in [-0.3, -0.25) is 0 Å². The van der Waals surface area contributed by atoms with Gasteiger partial charge in [0, 0.05) is 12.8 Å². The van der Waals surface area contributed by atoms with E-state index in [4.69, 9.17) is 0 Å². The molecule has 0 aromatic heterocycles. The van der Waals surface area contributed by atoms with Crippen molar-refractivity contribution in [3.8, 4) is 11.8 Å². The fourth-order valence-corrected chi connectivity index (χ4v) is 3.07. The summed E-state index contributed by atoms with van der Waals surface area (Å²) in [6.45, 7) is 2.35. The molecule has 0 saturated heterocycles. The lowest BCUT2D eigenvalue weighted by Crippen LogP contribution is -2.08. The molecule has 0 heterocycles. The first-order chi connectivity index (χ1) is 6.40. The summed E-state index contributed by atoms with van der Waals surface area (Å²) in [6.07, 6.45) is 9.50. The second-order valence-corrected chi connectivity index (χ2v) is 4.70. The summed E-state index contributed by atoms with van der Waals surface area (Å²) < 4.78 is 0. The Hall–Kier alpha value is -0.440. The van der Waals surface area contributed by atoms with E-state index < -0.39 is 0 Å². The lowest BCUT2D eigenvalue weighted by molar-refractivity contribution is 0.348. The van der Waals surface area contributed by atoms with E-state index in [-0.39, 0.29) is 0 Å². The lowest BCUT2D eigenvalue weighted by Gasteiger charge is -2.18. The van der Waals surface area contributed by atoms with Gasteiger partial charge in [-0.15, -0.1) is 11.8 Å². The zero-order valence-electron chi connectivity index (χ0n) is 8.68. The first-order valence-corrected chi connectivity index (χ1v) is 5.86. The predicted octanol–water partition coefficient (Wildman–Crippen LogP) is 3.62. The zero-order chi connectivity index (χ0) is 9.10. The molecule has 2 rings (SSSR count).